The summed E-state index contributed by atoms with van der Waals surface area (Å²) < 4.78 is 0. The van der Waals surface area contributed by atoms with Crippen molar-refractivity contribution in [3.05, 3.63) is 53.8 Å². The molecule has 0 unspecified atom stereocenters. The number of aromatic nitrogens is 2. The third kappa shape index (κ3) is 2.50. The van der Waals surface area contributed by atoms with Gasteiger partial charge >= 0.3 is 0 Å². The second-order valence-electron chi connectivity index (χ2n) is 3.99. The van der Waals surface area contributed by atoms with Gasteiger partial charge in [0.15, 0.2) is 0 Å². The van der Waals surface area contributed by atoms with Crippen molar-refractivity contribution in [2.75, 3.05) is 5.73 Å². The Balaban J connectivity index is 1.99. The second-order valence-corrected chi connectivity index (χ2v) is 5.43. The minimum Gasteiger partial charge on any atom is -0.382 e. The molecule has 2 aromatic carbocycles. The largest absolute Gasteiger partial charge is 0.382 e. The van der Waals surface area contributed by atoms with Gasteiger partial charge in [-0.05, 0) is 22.9 Å². The Morgan fingerprint density at radius 1 is 1.00 bits per heavy atom. The normalized spacial score (nSPS) is 10.8. The van der Waals surface area contributed by atoms with Gasteiger partial charge in [0.1, 0.15) is 22.2 Å². The van der Waals surface area contributed by atoms with Crippen LogP contribution >= 0.6 is 23.4 Å². The second kappa shape index (κ2) is 5.07. The van der Waals surface area contributed by atoms with E-state index in [-0.39, 0.29) is 0 Å². The van der Waals surface area contributed by atoms with Gasteiger partial charge in [0, 0.05) is 4.90 Å². The molecule has 0 aliphatic heterocycles. The van der Waals surface area contributed by atoms with E-state index in [4.69, 9.17) is 17.3 Å². The molecule has 0 fully saturated rings. The van der Waals surface area contributed by atoms with Gasteiger partial charge in [0.25, 0.3) is 0 Å². The van der Waals surface area contributed by atoms with Crippen LogP contribution < -0.4 is 5.73 Å². The molecule has 94 valence electrons. The molecule has 2 N–H and O–H groups in total. The van der Waals surface area contributed by atoms with Crippen molar-refractivity contribution in [3.8, 4) is 0 Å². The van der Waals surface area contributed by atoms with Crippen LogP contribution in [0.5, 0.6) is 0 Å². The molecule has 0 saturated carbocycles. The summed E-state index contributed by atoms with van der Waals surface area (Å²) in [4.78, 5) is 9.07. The van der Waals surface area contributed by atoms with Crippen molar-refractivity contribution < 1.29 is 0 Å². The summed E-state index contributed by atoms with van der Waals surface area (Å²) in [5, 5.41) is 3.47. The number of nitrogens with two attached hydrogens (primary N) is 1. The summed E-state index contributed by atoms with van der Waals surface area (Å²) in [7, 11) is 0. The summed E-state index contributed by atoms with van der Waals surface area (Å²) in [6.45, 7) is 0. The summed E-state index contributed by atoms with van der Waals surface area (Å²) in [6, 6.07) is 14.4. The van der Waals surface area contributed by atoms with E-state index in [1.807, 2.05) is 18.2 Å². The van der Waals surface area contributed by atoms with Crippen LogP contribution in [-0.2, 0) is 0 Å². The molecule has 0 saturated heterocycles. The Labute approximate surface area is 119 Å². The van der Waals surface area contributed by atoms with E-state index in [9.17, 15) is 0 Å². The van der Waals surface area contributed by atoms with Crippen LogP contribution in [0.25, 0.3) is 10.8 Å². The van der Waals surface area contributed by atoms with E-state index in [1.54, 1.807) is 0 Å². The zero-order valence-electron chi connectivity index (χ0n) is 9.88. The van der Waals surface area contributed by atoms with Gasteiger partial charge in [-0.15, -0.1) is 0 Å². The van der Waals surface area contributed by atoms with Gasteiger partial charge in [-0.2, -0.15) is 0 Å². The molecular formula is C14H10ClN3S. The van der Waals surface area contributed by atoms with Crippen molar-refractivity contribution in [2.24, 2.45) is 0 Å². The summed E-state index contributed by atoms with van der Waals surface area (Å²) >= 11 is 7.57. The highest BCUT2D eigenvalue weighted by Crippen LogP contribution is 2.34. The number of fused-ring (bicyclic) bond motifs is 1. The lowest BCUT2D eigenvalue weighted by atomic mass is 10.1. The first-order chi connectivity index (χ1) is 9.24. The quantitative estimate of drug-likeness (QED) is 0.723. The highest BCUT2D eigenvalue weighted by molar-refractivity contribution is 7.99. The lowest BCUT2D eigenvalue weighted by Crippen LogP contribution is -1.94. The van der Waals surface area contributed by atoms with E-state index in [1.165, 1.54) is 28.9 Å². The molecule has 1 heterocycles. The fourth-order valence-corrected chi connectivity index (χ4v) is 2.83. The van der Waals surface area contributed by atoms with Crippen LogP contribution in [0.1, 0.15) is 0 Å². The lowest BCUT2D eigenvalue weighted by molar-refractivity contribution is 1.06. The number of benzene rings is 2. The predicted octanol–water partition coefficient (Wildman–Crippen LogP) is 4.02. The fourth-order valence-electron chi connectivity index (χ4n) is 1.78. The van der Waals surface area contributed by atoms with Crippen molar-refractivity contribution in [1.29, 1.82) is 0 Å². The van der Waals surface area contributed by atoms with Gasteiger partial charge in [0.05, 0.1) is 0 Å². The van der Waals surface area contributed by atoms with E-state index >= 15 is 0 Å². The average Bonchev–Trinajstić information content (AvgIpc) is 2.44. The average molecular weight is 288 g/mol. The van der Waals surface area contributed by atoms with Crippen LogP contribution in [-0.4, -0.2) is 9.97 Å². The number of halogens is 1. The predicted molar refractivity (Wildman–Crippen MR) is 79.5 cm³/mol. The molecule has 0 aliphatic carbocycles. The number of nitrogens with zero attached hydrogens (tertiary/aromatic N) is 2. The Morgan fingerprint density at radius 2 is 1.79 bits per heavy atom. The Bertz CT molecular complexity index is 746. The minimum absolute atomic E-state index is 0.306. The fraction of sp³-hybridized carbons (Fsp3) is 0. The van der Waals surface area contributed by atoms with Crippen molar-refractivity contribution in [2.45, 2.75) is 9.92 Å². The van der Waals surface area contributed by atoms with Crippen molar-refractivity contribution in [3.63, 3.8) is 0 Å². The maximum atomic E-state index is 6.09. The highest BCUT2D eigenvalue weighted by atomic mass is 35.5. The SMILES string of the molecule is Nc1ncnc(Sc2ccc3ccccc3c2)c1Cl. The van der Waals surface area contributed by atoms with E-state index in [0.717, 1.165) is 4.90 Å². The van der Waals surface area contributed by atoms with Gasteiger partial charge in [-0.25, -0.2) is 9.97 Å². The number of hydrogen-bond donors (Lipinski definition) is 1. The molecule has 19 heavy (non-hydrogen) atoms. The minimum atomic E-state index is 0.306. The molecular weight excluding hydrogens is 278 g/mol. The molecule has 3 aromatic rings. The van der Waals surface area contributed by atoms with Gasteiger partial charge in [-0.1, -0.05) is 53.7 Å². The topological polar surface area (TPSA) is 51.8 Å². The monoisotopic (exact) mass is 287 g/mol. The molecule has 0 atom stereocenters. The maximum absolute atomic E-state index is 6.09. The third-order valence-electron chi connectivity index (χ3n) is 2.72. The number of nitrogen functional groups attached to an aromatic ring is 1. The Hall–Kier alpha value is -1.78. The molecule has 1 aromatic heterocycles. The Kier molecular flexibility index (Phi) is 3.27. The van der Waals surface area contributed by atoms with Gasteiger partial charge in [-0.3, -0.25) is 0 Å². The van der Waals surface area contributed by atoms with Crippen molar-refractivity contribution in [1.82, 2.24) is 9.97 Å². The molecule has 0 spiro atoms. The number of hydrogen-bond acceptors (Lipinski definition) is 4. The molecule has 3 rings (SSSR count). The van der Waals surface area contributed by atoms with E-state index < -0.39 is 0 Å². The van der Waals surface area contributed by atoms with Gasteiger partial charge in [0.2, 0.25) is 0 Å². The molecule has 0 radical (unpaired) electrons. The van der Waals surface area contributed by atoms with Gasteiger partial charge < -0.3 is 5.73 Å². The van der Waals surface area contributed by atoms with Crippen LogP contribution in [0.15, 0.2) is 58.7 Å². The Morgan fingerprint density at radius 3 is 2.63 bits per heavy atom. The molecule has 3 nitrogen and oxygen atoms in total. The van der Waals surface area contributed by atoms with E-state index in [0.29, 0.717) is 15.9 Å². The van der Waals surface area contributed by atoms with Crippen molar-refractivity contribution >= 4 is 40.0 Å². The number of rotatable bonds is 2. The van der Waals surface area contributed by atoms with Crippen LogP contribution in [0.4, 0.5) is 5.82 Å². The zero-order chi connectivity index (χ0) is 13.2. The first-order valence-electron chi connectivity index (χ1n) is 5.66. The zero-order valence-corrected chi connectivity index (χ0v) is 11.4. The molecule has 0 amide bonds. The lowest BCUT2D eigenvalue weighted by Gasteiger charge is -2.05. The summed E-state index contributed by atoms with van der Waals surface area (Å²) in [5.74, 6) is 0.306. The molecule has 5 heteroatoms. The third-order valence-corrected chi connectivity index (χ3v) is 4.20. The smallest absolute Gasteiger partial charge is 0.146 e. The molecule has 0 bridgehead atoms. The standard InChI is InChI=1S/C14H10ClN3S/c15-12-13(16)17-8-18-14(12)19-11-6-5-9-3-1-2-4-10(9)7-11/h1-8H,(H2,16,17,18). The van der Waals surface area contributed by atoms with Crippen LogP contribution in [0.2, 0.25) is 5.02 Å². The first-order valence-corrected chi connectivity index (χ1v) is 6.86. The first kappa shape index (κ1) is 12.3. The van der Waals surface area contributed by atoms with Crippen LogP contribution in [0.3, 0.4) is 0 Å². The molecule has 0 aliphatic rings. The summed E-state index contributed by atoms with van der Waals surface area (Å²) in [5.41, 5.74) is 5.67. The van der Waals surface area contributed by atoms with E-state index in [2.05, 4.69) is 34.2 Å². The maximum Gasteiger partial charge on any atom is 0.146 e. The number of anilines is 1. The summed E-state index contributed by atoms with van der Waals surface area (Å²) in [6.07, 6.45) is 1.42. The highest BCUT2D eigenvalue weighted by Gasteiger charge is 2.08. The van der Waals surface area contributed by atoms with Crippen LogP contribution in [0, 0.1) is 0 Å².